The van der Waals surface area contributed by atoms with E-state index in [1.807, 2.05) is 0 Å². The topological polar surface area (TPSA) is 102 Å². The number of non-ortho nitro benzene ring substituents is 1. The molecule has 104 valence electrons. The zero-order chi connectivity index (χ0) is 14.7. The van der Waals surface area contributed by atoms with E-state index in [0.717, 1.165) is 0 Å². The van der Waals surface area contributed by atoms with Crippen LogP contribution < -0.4 is 0 Å². The maximum Gasteiger partial charge on any atom is 0.270 e. The van der Waals surface area contributed by atoms with Crippen molar-refractivity contribution in [3.8, 4) is 0 Å². The molecule has 0 fully saturated rings. The van der Waals surface area contributed by atoms with E-state index in [9.17, 15) is 14.9 Å². The Bertz CT molecular complexity index is 673. The highest BCUT2D eigenvalue weighted by molar-refractivity contribution is 9.10. The average molecular weight is 357 g/mol. The minimum absolute atomic E-state index is 0.108. The van der Waals surface area contributed by atoms with Gasteiger partial charge in [-0.05, 0) is 13.0 Å². The number of nitrogens with one attached hydrogen (secondary N) is 1. The van der Waals surface area contributed by atoms with E-state index in [1.54, 1.807) is 6.92 Å². The molecule has 2 aromatic rings. The number of carbonyl (C=O) groups is 1. The second-order valence-electron chi connectivity index (χ2n) is 3.84. The number of aryl methyl sites for hydroxylation is 1. The van der Waals surface area contributed by atoms with Crippen LogP contribution in [0.2, 0.25) is 0 Å². The fraction of sp³-hybridized carbons (Fsp3) is 0.182. The number of hydrogen-bond acceptors (Lipinski definition) is 6. The van der Waals surface area contributed by atoms with Gasteiger partial charge in [0.05, 0.1) is 10.7 Å². The Morgan fingerprint density at radius 2 is 2.30 bits per heavy atom. The maximum absolute atomic E-state index is 12.1. The van der Waals surface area contributed by atoms with Gasteiger partial charge in [-0.2, -0.15) is 0 Å². The van der Waals surface area contributed by atoms with Crippen LogP contribution in [0.3, 0.4) is 0 Å². The molecule has 0 unspecified atom stereocenters. The largest absolute Gasteiger partial charge is 0.293 e. The smallest absolute Gasteiger partial charge is 0.270 e. The molecule has 0 saturated carbocycles. The first-order chi connectivity index (χ1) is 9.47. The van der Waals surface area contributed by atoms with Crippen LogP contribution in [0.25, 0.3) is 0 Å². The van der Waals surface area contributed by atoms with Gasteiger partial charge in [0.25, 0.3) is 5.69 Å². The Morgan fingerprint density at radius 1 is 1.55 bits per heavy atom. The number of aromatic nitrogens is 3. The molecule has 1 heterocycles. The number of H-pyrrole nitrogens is 1. The molecule has 0 aliphatic rings. The van der Waals surface area contributed by atoms with Crippen LogP contribution in [-0.2, 0) is 0 Å². The summed E-state index contributed by atoms with van der Waals surface area (Å²) in [6.45, 7) is 1.76. The predicted octanol–water partition coefficient (Wildman–Crippen LogP) is 2.76. The third kappa shape index (κ3) is 3.42. The summed E-state index contributed by atoms with van der Waals surface area (Å²) >= 11 is 4.39. The molecule has 20 heavy (non-hydrogen) atoms. The standard InChI is InChI=1S/C11H9BrN4O3S/c1-6-13-11(15-14-6)20-5-10(17)8-4-7(16(18)19)2-3-9(8)12/h2-4H,5H2,1H3,(H,13,14,15). The SMILES string of the molecule is Cc1nc(SCC(=O)c2cc([N+](=O)[O-])ccc2Br)n[nH]1. The Kier molecular flexibility index (Phi) is 4.50. The van der Waals surface area contributed by atoms with Crippen LogP contribution >= 0.6 is 27.7 Å². The number of ketones is 1. The number of carbonyl (C=O) groups excluding carboxylic acids is 1. The van der Waals surface area contributed by atoms with Gasteiger partial charge in [0.1, 0.15) is 5.82 Å². The highest BCUT2D eigenvalue weighted by atomic mass is 79.9. The zero-order valence-corrected chi connectivity index (χ0v) is 12.7. The van der Waals surface area contributed by atoms with Gasteiger partial charge in [0.2, 0.25) is 5.16 Å². The Labute approximate surface area is 126 Å². The third-order valence-corrected chi connectivity index (χ3v) is 3.91. The maximum atomic E-state index is 12.1. The fourth-order valence-corrected chi connectivity index (χ4v) is 2.63. The van der Waals surface area contributed by atoms with Crippen LogP contribution in [0.15, 0.2) is 27.8 Å². The molecule has 0 bridgehead atoms. The Morgan fingerprint density at radius 3 is 2.90 bits per heavy atom. The van der Waals surface area contributed by atoms with Gasteiger partial charge in [0, 0.05) is 22.2 Å². The van der Waals surface area contributed by atoms with E-state index in [-0.39, 0.29) is 22.8 Å². The molecule has 0 aliphatic heterocycles. The summed E-state index contributed by atoms with van der Waals surface area (Å²) in [7, 11) is 0. The van der Waals surface area contributed by atoms with Gasteiger partial charge >= 0.3 is 0 Å². The quantitative estimate of drug-likeness (QED) is 0.382. The second kappa shape index (κ2) is 6.14. The number of rotatable bonds is 5. The molecule has 1 N–H and O–H groups in total. The molecule has 0 saturated heterocycles. The number of benzene rings is 1. The van der Waals surface area contributed by atoms with Crippen LogP contribution in [0.5, 0.6) is 0 Å². The number of hydrogen-bond donors (Lipinski definition) is 1. The van der Waals surface area contributed by atoms with E-state index in [1.165, 1.54) is 30.0 Å². The van der Waals surface area contributed by atoms with Crippen molar-refractivity contribution in [2.45, 2.75) is 12.1 Å². The molecule has 0 aliphatic carbocycles. The molecule has 0 spiro atoms. The number of nitro benzene ring substituents is 1. The van der Waals surface area contributed by atoms with E-state index in [0.29, 0.717) is 15.5 Å². The summed E-state index contributed by atoms with van der Waals surface area (Å²) in [4.78, 5) is 26.3. The lowest BCUT2D eigenvalue weighted by Gasteiger charge is -2.02. The van der Waals surface area contributed by atoms with Gasteiger partial charge in [-0.25, -0.2) is 4.98 Å². The fourth-order valence-electron chi connectivity index (χ4n) is 1.44. The highest BCUT2D eigenvalue weighted by Crippen LogP contribution is 2.25. The van der Waals surface area contributed by atoms with Crippen LogP contribution in [0.4, 0.5) is 5.69 Å². The summed E-state index contributed by atoms with van der Waals surface area (Å²) in [5, 5.41) is 17.8. The van der Waals surface area contributed by atoms with Crippen molar-refractivity contribution in [1.29, 1.82) is 0 Å². The molecule has 7 nitrogen and oxygen atoms in total. The second-order valence-corrected chi connectivity index (χ2v) is 5.63. The van der Waals surface area contributed by atoms with Gasteiger partial charge in [-0.15, -0.1) is 5.10 Å². The summed E-state index contributed by atoms with van der Waals surface area (Å²) in [6.07, 6.45) is 0. The zero-order valence-electron chi connectivity index (χ0n) is 10.3. The molecular weight excluding hydrogens is 348 g/mol. The Hall–Kier alpha value is -1.74. The van der Waals surface area contributed by atoms with Crippen molar-refractivity contribution in [3.05, 3.63) is 44.2 Å². The first-order valence-corrected chi connectivity index (χ1v) is 7.24. The van der Waals surface area contributed by atoms with Crippen molar-refractivity contribution in [2.24, 2.45) is 0 Å². The number of nitro groups is 1. The van der Waals surface area contributed by atoms with Crippen molar-refractivity contribution >= 4 is 39.2 Å². The van der Waals surface area contributed by atoms with Crippen molar-refractivity contribution in [1.82, 2.24) is 15.2 Å². The Balaban J connectivity index is 2.12. The lowest BCUT2D eigenvalue weighted by molar-refractivity contribution is -0.384. The van der Waals surface area contributed by atoms with E-state index < -0.39 is 4.92 Å². The minimum Gasteiger partial charge on any atom is -0.293 e. The molecule has 1 aromatic heterocycles. The first-order valence-electron chi connectivity index (χ1n) is 5.46. The monoisotopic (exact) mass is 356 g/mol. The highest BCUT2D eigenvalue weighted by Gasteiger charge is 2.16. The van der Waals surface area contributed by atoms with E-state index >= 15 is 0 Å². The lowest BCUT2D eigenvalue weighted by Crippen LogP contribution is -2.04. The number of aromatic amines is 1. The molecular formula is C11H9BrN4O3S. The molecule has 0 radical (unpaired) electrons. The summed E-state index contributed by atoms with van der Waals surface area (Å²) in [5.41, 5.74) is 0.161. The molecule has 0 amide bonds. The number of halogens is 1. The number of nitrogens with zero attached hydrogens (tertiary/aromatic N) is 3. The van der Waals surface area contributed by atoms with Crippen LogP contribution in [-0.4, -0.2) is 31.6 Å². The van der Waals surface area contributed by atoms with Crippen LogP contribution in [0, 0.1) is 17.0 Å². The lowest BCUT2D eigenvalue weighted by atomic mass is 10.1. The molecule has 0 atom stereocenters. The number of thioether (sulfide) groups is 1. The van der Waals surface area contributed by atoms with Crippen molar-refractivity contribution < 1.29 is 9.72 Å². The molecule has 1 aromatic carbocycles. The average Bonchev–Trinajstić information content (AvgIpc) is 2.82. The third-order valence-electron chi connectivity index (χ3n) is 2.37. The molecule has 2 rings (SSSR count). The summed E-state index contributed by atoms with van der Waals surface area (Å²) in [5.74, 6) is 0.543. The van der Waals surface area contributed by atoms with Crippen molar-refractivity contribution in [3.63, 3.8) is 0 Å². The first kappa shape index (κ1) is 14.7. The van der Waals surface area contributed by atoms with Crippen LogP contribution in [0.1, 0.15) is 16.2 Å². The van der Waals surface area contributed by atoms with Crippen molar-refractivity contribution in [2.75, 3.05) is 5.75 Å². The molecule has 9 heteroatoms. The normalized spacial score (nSPS) is 10.5. The van der Waals surface area contributed by atoms with Gasteiger partial charge in [-0.1, -0.05) is 27.7 Å². The predicted molar refractivity (Wildman–Crippen MR) is 77.0 cm³/mol. The summed E-state index contributed by atoms with van der Waals surface area (Å²) < 4.78 is 0.528. The van der Waals surface area contributed by atoms with Gasteiger partial charge in [-0.3, -0.25) is 20.0 Å². The number of Topliss-reactive ketones (excluding diaryl/α,β-unsaturated/α-hetero) is 1. The minimum atomic E-state index is -0.533. The van der Waals surface area contributed by atoms with E-state index in [4.69, 9.17) is 0 Å². The van der Waals surface area contributed by atoms with E-state index in [2.05, 4.69) is 31.1 Å². The van der Waals surface area contributed by atoms with Gasteiger partial charge in [0.15, 0.2) is 5.78 Å². The summed E-state index contributed by atoms with van der Waals surface area (Å²) in [6, 6.07) is 4.09. The van der Waals surface area contributed by atoms with Gasteiger partial charge < -0.3 is 0 Å².